The second-order valence-electron chi connectivity index (χ2n) is 8.23. The maximum absolute atomic E-state index is 14.5. The number of amides is 1. The van der Waals surface area contributed by atoms with Crippen LogP contribution in [0.25, 0.3) is 11.1 Å². The van der Waals surface area contributed by atoms with E-state index < -0.39 is 0 Å². The van der Waals surface area contributed by atoms with E-state index in [9.17, 15) is 14.0 Å². The third kappa shape index (κ3) is 6.11. The molecular weight excluding hydrogens is 419 g/mol. The fraction of sp³-hybridized carbons (Fsp3) is 0.296. The van der Waals surface area contributed by atoms with Gasteiger partial charge in [0.2, 0.25) is 0 Å². The molecule has 3 aromatic rings. The van der Waals surface area contributed by atoms with Gasteiger partial charge >= 0.3 is 0 Å². The van der Waals surface area contributed by atoms with Crippen molar-refractivity contribution in [2.45, 2.75) is 25.7 Å². The molecule has 6 heteroatoms. The number of halogens is 1. The van der Waals surface area contributed by atoms with Crippen LogP contribution in [-0.4, -0.2) is 47.9 Å². The van der Waals surface area contributed by atoms with Gasteiger partial charge in [-0.2, -0.15) is 0 Å². The summed E-state index contributed by atoms with van der Waals surface area (Å²) < 4.78 is 19.8. The van der Waals surface area contributed by atoms with Crippen molar-refractivity contribution in [3.05, 3.63) is 89.5 Å². The van der Waals surface area contributed by atoms with Crippen LogP contribution in [0.3, 0.4) is 0 Å². The molecule has 0 aliphatic carbocycles. The van der Waals surface area contributed by atoms with E-state index in [0.29, 0.717) is 50.3 Å². The number of morpholine rings is 1. The van der Waals surface area contributed by atoms with Crippen LogP contribution in [0.4, 0.5) is 4.39 Å². The molecule has 1 fully saturated rings. The van der Waals surface area contributed by atoms with Gasteiger partial charge in [-0.1, -0.05) is 30.3 Å². The maximum Gasteiger partial charge on any atom is 0.254 e. The molecule has 0 N–H and O–H groups in total. The van der Waals surface area contributed by atoms with Crippen LogP contribution in [0.1, 0.15) is 34.3 Å². The molecule has 5 nitrogen and oxygen atoms in total. The summed E-state index contributed by atoms with van der Waals surface area (Å²) in [6, 6.07) is 15.9. The molecule has 33 heavy (non-hydrogen) atoms. The number of nitrogens with zero attached hydrogens (tertiary/aromatic N) is 2. The Labute approximate surface area is 193 Å². The summed E-state index contributed by atoms with van der Waals surface area (Å²) in [6.45, 7) is 2.14. The zero-order valence-electron chi connectivity index (χ0n) is 18.5. The lowest BCUT2D eigenvalue weighted by atomic mass is 9.98. The Morgan fingerprint density at radius 3 is 2.52 bits per heavy atom. The first-order valence-corrected chi connectivity index (χ1v) is 11.3. The fourth-order valence-corrected chi connectivity index (χ4v) is 3.99. The number of benzene rings is 2. The van der Waals surface area contributed by atoms with E-state index >= 15 is 0 Å². The highest BCUT2D eigenvalue weighted by atomic mass is 19.1. The Morgan fingerprint density at radius 2 is 1.79 bits per heavy atom. The van der Waals surface area contributed by atoms with Crippen molar-refractivity contribution in [1.29, 1.82) is 0 Å². The molecule has 2 heterocycles. The molecule has 1 saturated heterocycles. The van der Waals surface area contributed by atoms with E-state index in [4.69, 9.17) is 4.74 Å². The van der Waals surface area contributed by atoms with Crippen LogP contribution < -0.4 is 0 Å². The predicted molar refractivity (Wildman–Crippen MR) is 124 cm³/mol. The molecule has 0 spiro atoms. The van der Waals surface area contributed by atoms with Crippen molar-refractivity contribution in [3.8, 4) is 11.1 Å². The second-order valence-corrected chi connectivity index (χ2v) is 8.23. The number of ketones is 1. The molecule has 4 rings (SSSR count). The average molecular weight is 447 g/mol. The van der Waals surface area contributed by atoms with Gasteiger partial charge in [0.25, 0.3) is 5.91 Å². The summed E-state index contributed by atoms with van der Waals surface area (Å²) in [5.41, 5.74) is 3.63. The number of rotatable bonds is 8. The molecule has 0 unspecified atom stereocenters. The minimum absolute atomic E-state index is 0.105. The van der Waals surface area contributed by atoms with Gasteiger partial charge in [0.15, 0.2) is 0 Å². The van der Waals surface area contributed by atoms with E-state index in [0.717, 1.165) is 29.5 Å². The van der Waals surface area contributed by atoms with Gasteiger partial charge in [-0.25, -0.2) is 4.39 Å². The quantitative estimate of drug-likeness (QED) is 0.511. The van der Waals surface area contributed by atoms with Crippen molar-refractivity contribution < 1.29 is 18.7 Å². The molecule has 170 valence electrons. The summed E-state index contributed by atoms with van der Waals surface area (Å²) in [7, 11) is 0. The first-order chi connectivity index (χ1) is 16.1. The van der Waals surface area contributed by atoms with Crippen molar-refractivity contribution in [3.63, 3.8) is 0 Å². The first kappa shape index (κ1) is 22.8. The molecule has 0 radical (unpaired) electrons. The topological polar surface area (TPSA) is 59.5 Å². The van der Waals surface area contributed by atoms with Gasteiger partial charge in [0.1, 0.15) is 11.6 Å². The van der Waals surface area contributed by atoms with Crippen molar-refractivity contribution >= 4 is 11.7 Å². The molecule has 1 aliphatic rings. The van der Waals surface area contributed by atoms with Gasteiger partial charge in [0, 0.05) is 49.5 Å². The monoisotopic (exact) mass is 446 g/mol. The number of carbonyl (C=O) groups excluding carboxylic acids is 2. The summed E-state index contributed by atoms with van der Waals surface area (Å²) >= 11 is 0. The minimum Gasteiger partial charge on any atom is -0.378 e. The van der Waals surface area contributed by atoms with E-state index in [1.165, 1.54) is 12.1 Å². The molecule has 2 aromatic carbocycles. The van der Waals surface area contributed by atoms with E-state index in [2.05, 4.69) is 4.98 Å². The molecule has 0 saturated carbocycles. The molecular formula is C27H27FN2O3. The third-order valence-electron chi connectivity index (χ3n) is 5.82. The summed E-state index contributed by atoms with van der Waals surface area (Å²) in [5, 5.41) is 0. The van der Waals surface area contributed by atoms with Crippen LogP contribution >= 0.6 is 0 Å². The van der Waals surface area contributed by atoms with Crippen molar-refractivity contribution in [2.75, 3.05) is 26.3 Å². The van der Waals surface area contributed by atoms with Gasteiger partial charge in [0.05, 0.1) is 13.2 Å². The second kappa shape index (κ2) is 11.0. The lowest BCUT2D eigenvalue weighted by molar-refractivity contribution is -0.118. The summed E-state index contributed by atoms with van der Waals surface area (Å²) in [4.78, 5) is 30.7. The number of aryl methyl sites for hydroxylation is 1. The maximum atomic E-state index is 14.5. The largest absolute Gasteiger partial charge is 0.378 e. The minimum atomic E-state index is -0.359. The van der Waals surface area contributed by atoms with Gasteiger partial charge in [-0.15, -0.1) is 0 Å². The highest BCUT2D eigenvalue weighted by Crippen LogP contribution is 2.25. The Morgan fingerprint density at radius 1 is 1.00 bits per heavy atom. The molecule has 0 atom stereocenters. The van der Waals surface area contributed by atoms with E-state index in [1.807, 2.05) is 36.4 Å². The van der Waals surface area contributed by atoms with Gasteiger partial charge in [-0.3, -0.25) is 14.6 Å². The number of aromatic nitrogens is 1. The van der Waals surface area contributed by atoms with E-state index in [1.54, 1.807) is 23.4 Å². The van der Waals surface area contributed by atoms with E-state index in [-0.39, 0.29) is 17.5 Å². The molecule has 1 aliphatic heterocycles. The normalized spacial score (nSPS) is 13.7. The highest BCUT2D eigenvalue weighted by molar-refractivity contribution is 5.95. The van der Waals surface area contributed by atoms with Gasteiger partial charge < -0.3 is 9.64 Å². The van der Waals surface area contributed by atoms with Crippen LogP contribution in [0.5, 0.6) is 0 Å². The number of hydrogen-bond donors (Lipinski definition) is 0. The van der Waals surface area contributed by atoms with Crippen LogP contribution in [0.15, 0.2) is 67.0 Å². The number of hydrogen-bond acceptors (Lipinski definition) is 4. The van der Waals surface area contributed by atoms with Crippen LogP contribution in [0.2, 0.25) is 0 Å². The molecule has 0 bridgehead atoms. The Hall–Kier alpha value is -3.38. The zero-order chi connectivity index (χ0) is 23.0. The lowest BCUT2D eigenvalue weighted by Gasteiger charge is -2.27. The predicted octanol–water partition coefficient (Wildman–Crippen LogP) is 4.49. The molecule has 1 aromatic heterocycles. The lowest BCUT2D eigenvalue weighted by Crippen LogP contribution is -2.40. The Balaban J connectivity index is 1.35. The SMILES string of the molecule is O=C(CCCc1ccc(-c2cc(C(=O)N3CCOCC3)ccc2F)cc1)Cc1cccnc1. The fourth-order valence-electron chi connectivity index (χ4n) is 3.99. The van der Waals surface area contributed by atoms with Crippen molar-refractivity contribution in [2.24, 2.45) is 0 Å². The summed E-state index contributed by atoms with van der Waals surface area (Å²) in [5.74, 6) is -0.266. The molecule has 1 amide bonds. The number of Topliss-reactive ketones (excluding diaryl/α,β-unsaturated/α-hetero) is 1. The highest BCUT2D eigenvalue weighted by Gasteiger charge is 2.20. The number of carbonyl (C=O) groups is 2. The number of pyridine rings is 1. The zero-order valence-corrected chi connectivity index (χ0v) is 18.5. The Bertz CT molecular complexity index is 1090. The standard InChI is InChI=1S/C27H27FN2O3/c28-26-11-10-23(27(32)30-13-15-33-16-14-30)18-25(26)22-8-6-20(7-9-22)3-1-5-24(31)17-21-4-2-12-29-19-21/h2,4,6-12,18-19H,1,3,5,13-17H2. The van der Waals surface area contributed by atoms with Crippen LogP contribution in [-0.2, 0) is 22.4 Å². The number of ether oxygens (including phenoxy) is 1. The van der Waals surface area contributed by atoms with Gasteiger partial charge in [-0.05, 0) is 53.8 Å². The average Bonchev–Trinajstić information content (AvgIpc) is 2.85. The third-order valence-corrected chi connectivity index (χ3v) is 5.82. The smallest absolute Gasteiger partial charge is 0.254 e. The first-order valence-electron chi connectivity index (χ1n) is 11.3. The summed E-state index contributed by atoms with van der Waals surface area (Å²) in [6.07, 6.45) is 5.87. The van der Waals surface area contributed by atoms with Crippen LogP contribution in [0, 0.1) is 5.82 Å². The Kier molecular flexibility index (Phi) is 7.58. The van der Waals surface area contributed by atoms with Crippen molar-refractivity contribution in [1.82, 2.24) is 9.88 Å².